The summed E-state index contributed by atoms with van der Waals surface area (Å²) in [5, 5.41) is 11.3. The summed E-state index contributed by atoms with van der Waals surface area (Å²) in [6.07, 6.45) is 2.52. The number of halogens is 2. The van der Waals surface area contributed by atoms with Gasteiger partial charge in [-0.2, -0.15) is 0 Å². The number of amides is 1. The third-order valence-electron chi connectivity index (χ3n) is 8.11. The second-order valence-electron chi connectivity index (χ2n) is 11.8. The molecule has 200 valence electrons. The number of rotatable bonds is 6. The average Bonchev–Trinajstić information content (AvgIpc) is 2.86. The Labute approximate surface area is 232 Å². The summed E-state index contributed by atoms with van der Waals surface area (Å²) in [4.78, 5) is 20.4. The molecule has 2 saturated heterocycles. The van der Waals surface area contributed by atoms with Crippen molar-refractivity contribution in [2.45, 2.75) is 58.9 Å². The zero-order valence-electron chi connectivity index (χ0n) is 22.5. The number of carbonyl (C=O) groups excluding carboxylic acids is 1. The minimum absolute atomic E-state index is 0.0569. The molecule has 8 heteroatoms. The summed E-state index contributed by atoms with van der Waals surface area (Å²) in [6.45, 7) is 12.6. The van der Waals surface area contributed by atoms with Gasteiger partial charge in [0.2, 0.25) is 5.91 Å². The van der Waals surface area contributed by atoms with Crippen LogP contribution >= 0.6 is 23.2 Å². The minimum atomic E-state index is -0.413. The number of carbonyl (C=O) groups is 1. The molecule has 0 aromatic heterocycles. The Kier molecular flexibility index (Phi) is 9.29. The second-order valence-corrected chi connectivity index (χ2v) is 12.7. The smallest absolute Gasteiger partial charge is 0.376 e. The molecule has 0 aliphatic carbocycles. The minimum Gasteiger partial charge on any atom is -0.437 e. The first kappa shape index (κ1) is 28.4. The average molecular weight is 544 g/mol. The van der Waals surface area contributed by atoms with Gasteiger partial charge in [0.1, 0.15) is 0 Å². The van der Waals surface area contributed by atoms with Gasteiger partial charge in [-0.3, -0.25) is 9.69 Å². The highest BCUT2D eigenvalue weighted by Gasteiger charge is 2.40. The van der Waals surface area contributed by atoms with Gasteiger partial charge in [0, 0.05) is 42.1 Å². The van der Waals surface area contributed by atoms with Crippen molar-refractivity contribution >= 4 is 36.2 Å². The van der Waals surface area contributed by atoms with Gasteiger partial charge in [0.05, 0.1) is 6.04 Å². The maximum atomic E-state index is 13.6. The first-order valence-corrected chi connectivity index (χ1v) is 14.2. The molecule has 0 radical (unpaired) electrons. The number of piperazine rings is 1. The highest BCUT2D eigenvalue weighted by Crippen LogP contribution is 2.36. The Morgan fingerprint density at radius 3 is 1.92 bits per heavy atom. The molecule has 0 bridgehead atoms. The summed E-state index contributed by atoms with van der Waals surface area (Å²) in [5.41, 5.74) is 2.31. The van der Waals surface area contributed by atoms with E-state index in [0.717, 1.165) is 49.1 Å². The Bertz CT molecular complexity index is 989. The first-order valence-electron chi connectivity index (χ1n) is 13.5. The van der Waals surface area contributed by atoms with Crippen LogP contribution in [0.25, 0.3) is 0 Å². The van der Waals surface area contributed by atoms with Crippen LogP contribution in [0.5, 0.6) is 0 Å². The molecule has 2 heterocycles. The molecule has 2 aromatic carbocycles. The zero-order valence-corrected chi connectivity index (χ0v) is 24.0. The molecular weight excluding hydrogens is 504 g/mol. The third kappa shape index (κ3) is 7.10. The molecular formula is C29H40BCl2N3O2. The van der Waals surface area contributed by atoms with Crippen molar-refractivity contribution in [3.63, 3.8) is 0 Å². The van der Waals surface area contributed by atoms with Crippen LogP contribution in [0, 0.1) is 11.3 Å². The molecule has 0 spiro atoms. The van der Waals surface area contributed by atoms with Crippen LogP contribution in [0.3, 0.4) is 0 Å². The van der Waals surface area contributed by atoms with Crippen molar-refractivity contribution in [2.24, 2.45) is 11.3 Å². The van der Waals surface area contributed by atoms with E-state index in [1.54, 1.807) is 0 Å². The summed E-state index contributed by atoms with van der Waals surface area (Å²) in [7, 11) is -0.413. The van der Waals surface area contributed by atoms with Crippen LogP contribution in [0.2, 0.25) is 16.9 Å². The molecule has 1 atom stereocenters. The largest absolute Gasteiger partial charge is 0.437 e. The monoisotopic (exact) mass is 543 g/mol. The van der Waals surface area contributed by atoms with Gasteiger partial charge in [-0.15, -0.1) is 0 Å². The van der Waals surface area contributed by atoms with Crippen molar-refractivity contribution in [3.05, 3.63) is 69.7 Å². The van der Waals surface area contributed by atoms with Crippen LogP contribution in [0.4, 0.5) is 0 Å². The van der Waals surface area contributed by atoms with Crippen LogP contribution in [0.1, 0.15) is 57.2 Å². The summed E-state index contributed by atoms with van der Waals surface area (Å²) < 4.78 is 0. The van der Waals surface area contributed by atoms with Gasteiger partial charge in [0.25, 0.3) is 0 Å². The Hall–Kier alpha value is -1.57. The van der Waals surface area contributed by atoms with Crippen LogP contribution in [-0.2, 0) is 4.79 Å². The molecule has 2 fully saturated rings. The second kappa shape index (κ2) is 12.1. The van der Waals surface area contributed by atoms with E-state index in [1.807, 2.05) is 31.1 Å². The molecule has 1 amide bonds. The first-order chi connectivity index (χ1) is 17.5. The topological polar surface area (TPSA) is 47.0 Å². The van der Waals surface area contributed by atoms with E-state index >= 15 is 0 Å². The fourth-order valence-electron chi connectivity index (χ4n) is 5.88. The van der Waals surface area contributed by atoms with Gasteiger partial charge in [-0.05, 0) is 79.5 Å². The van der Waals surface area contributed by atoms with Crippen molar-refractivity contribution in [1.82, 2.24) is 14.6 Å². The van der Waals surface area contributed by atoms with Crippen LogP contribution < -0.4 is 0 Å². The molecule has 2 aliphatic rings. The molecule has 2 aromatic rings. The van der Waals surface area contributed by atoms with E-state index in [2.05, 4.69) is 59.6 Å². The van der Waals surface area contributed by atoms with Gasteiger partial charge in [0.15, 0.2) is 0 Å². The number of piperidine rings is 1. The van der Waals surface area contributed by atoms with Crippen molar-refractivity contribution in [1.29, 1.82) is 0 Å². The fraction of sp³-hybridized carbons (Fsp3) is 0.552. The molecule has 1 N–H and O–H groups in total. The van der Waals surface area contributed by atoms with Gasteiger partial charge in [-0.25, -0.2) is 0 Å². The number of hydrogen-bond donors (Lipinski definition) is 1. The quantitative estimate of drug-likeness (QED) is 0.464. The lowest BCUT2D eigenvalue weighted by atomic mass is 9.80. The Morgan fingerprint density at radius 2 is 1.46 bits per heavy atom. The standard InChI is InChI=1S/C29H40BCl2N3O2/c1-29(2,3)26-20-33(17-18-35(26)27(36)19-21-13-15-34(16-14-21)30(4)37)28(22-5-9-24(31)10-6-22)23-7-11-25(32)12-8-23/h5-12,21,26,28,37H,13-20H2,1-4H3/t26-/m1/s1. The normalized spacial score (nSPS) is 20.4. The number of nitrogens with zero attached hydrogens (tertiary/aromatic N) is 3. The molecule has 0 saturated carbocycles. The lowest BCUT2D eigenvalue weighted by molar-refractivity contribution is -0.141. The van der Waals surface area contributed by atoms with E-state index in [-0.39, 0.29) is 23.4 Å². The summed E-state index contributed by atoms with van der Waals surface area (Å²) in [6, 6.07) is 16.4. The molecule has 4 rings (SSSR count). The van der Waals surface area contributed by atoms with Crippen molar-refractivity contribution < 1.29 is 9.82 Å². The molecule has 5 nitrogen and oxygen atoms in total. The number of hydrogen-bond acceptors (Lipinski definition) is 4. The predicted octanol–water partition coefficient (Wildman–Crippen LogP) is 5.85. The Morgan fingerprint density at radius 1 is 0.946 bits per heavy atom. The van der Waals surface area contributed by atoms with Gasteiger partial charge < -0.3 is 14.7 Å². The van der Waals surface area contributed by atoms with Gasteiger partial charge >= 0.3 is 7.05 Å². The molecule has 2 aliphatic heterocycles. The van der Waals surface area contributed by atoms with E-state index in [0.29, 0.717) is 18.9 Å². The maximum Gasteiger partial charge on any atom is 0.376 e. The fourth-order valence-corrected chi connectivity index (χ4v) is 6.13. The molecule has 37 heavy (non-hydrogen) atoms. The number of benzene rings is 2. The van der Waals surface area contributed by atoms with Crippen molar-refractivity contribution in [2.75, 3.05) is 32.7 Å². The lowest BCUT2D eigenvalue weighted by Gasteiger charge is -2.50. The lowest BCUT2D eigenvalue weighted by Crippen LogP contribution is -2.60. The predicted molar refractivity (Wildman–Crippen MR) is 154 cm³/mol. The maximum absolute atomic E-state index is 13.6. The Balaban J connectivity index is 1.53. The zero-order chi connectivity index (χ0) is 26.7. The van der Waals surface area contributed by atoms with Gasteiger partial charge in [-0.1, -0.05) is 68.2 Å². The van der Waals surface area contributed by atoms with Crippen LogP contribution in [0.15, 0.2) is 48.5 Å². The highest BCUT2D eigenvalue weighted by molar-refractivity contribution is 6.45. The van der Waals surface area contributed by atoms with Crippen LogP contribution in [-0.4, -0.2) is 71.4 Å². The molecule has 0 unspecified atom stereocenters. The summed E-state index contributed by atoms with van der Waals surface area (Å²) in [5.74, 6) is 0.654. The van der Waals surface area contributed by atoms with E-state index < -0.39 is 7.05 Å². The van der Waals surface area contributed by atoms with E-state index in [4.69, 9.17) is 23.2 Å². The highest BCUT2D eigenvalue weighted by atomic mass is 35.5. The summed E-state index contributed by atoms with van der Waals surface area (Å²) >= 11 is 12.4. The van der Waals surface area contributed by atoms with Crippen molar-refractivity contribution in [3.8, 4) is 0 Å². The van der Waals surface area contributed by atoms with E-state index in [1.165, 1.54) is 11.1 Å². The third-order valence-corrected chi connectivity index (χ3v) is 8.61. The van der Waals surface area contributed by atoms with E-state index in [9.17, 15) is 9.82 Å². The SMILES string of the molecule is CB(O)N1CCC(CC(=O)N2CCN(C(c3ccc(Cl)cc3)c3ccc(Cl)cc3)C[C@@H]2C(C)(C)C)CC1.